The summed E-state index contributed by atoms with van der Waals surface area (Å²) >= 11 is 0. The first-order valence-electron chi connectivity index (χ1n) is 4.36. The molecule has 3 atom stereocenters. The number of rotatable bonds is 2. The lowest BCUT2D eigenvalue weighted by atomic mass is 10.1. The van der Waals surface area contributed by atoms with Gasteiger partial charge in [0.2, 0.25) is 0 Å². The van der Waals surface area contributed by atoms with Crippen molar-refractivity contribution >= 4 is 42.4 Å². The smallest absolute Gasteiger partial charge is 0.323 e. The van der Waals surface area contributed by atoms with Crippen molar-refractivity contribution in [2.45, 2.75) is 38.8 Å². The number of hydrogen-bond donors (Lipinski definition) is 0. The van der Waals surface area contributed by atoms with E-state index in [1.54, 1.807) is 0 Å². The van der Waals surface area contributed by atoms with Gasteiger partial charge in [-0.2, -0.15) is 27.0 Å². The van der Waals surface area contributed by atoms with Crippen LogP contribution in [-0.2, 0) is 9.53 Å². The quantitative estimate of drug-likeness (QED) is 0.553. The minimum atomic E-state index is -0.0787. The third-order valence-electron chi connectivity index (χ3n) is 2.17. The van der Waals surface area contributed by atoms with Crippen LogP contribution < -0.4 is 0 Å². The predicted octanol–water partition coefficient (Wildman–Crippen LogP) is 1.42. The highest BCUT2D eigenvalue weighted by Crippen LogP contribution is 2.21. The van der Waals surface area contributed by atoms with Crippen LogP contribution in [0.15, 0.2) is 0 Å². The molecule has 86 valence electrons. The Bertz CT molecular complexity index is 183. The zero-order chi connectivity index (χ0) is 9.14. The van der Waals surface area contributed by atoms with Crippen molar-refractivity contribution in [2.75, 3.05) is 6.61 Å². The van der Waals surface area contributed by atoms with E-state index in [1.807, 2.05) is 4.67 Å². The van der Waals surface area contributed by atoms with Crippen LogP contribution in [0, 0.1) is 0 Å². The lowest BCUT2D eigenvalue weighted by molar-refractivity contribution is -0.156. The third-order valence-corrected chi connectivity index (χ3v) is 3.04. The second kappa shape index (κ2) is 7.80. The fourth-order valence-corrected chi connectivity index (χ4v) is 1.71. The van der Waals surface area contributed by atoms with Crippen LogP contribution in [0.4, 0.5) is 0 Å². The first-order chi connectivity index (χ1) is 5.66. The Labute approximate surface area is 102 Å². The van der Waals surface area contributed by atoms with Crippen LogP contribution in [0.5, 0.6) is 0 Å². The van der Waals surface area contributed by atoms with Gasteiger partial charge < -0.3 is 4.74 Å². The second-order valence-electron chi connectivity index (χ2n) is 3.23. The molecular formula is C8H20NO2PS2. The summed E-state index contributed by atoms with van der Waals surface area (Å²) in [5.74, 6) is -0.0787. The zero-order valence-corrected chi connectivity index (χ0v) is 11.8. The van der Waals surface area contributed by atoms with E-state index in [0.717, 1.165) is 12.8 Å². The Morgan fingerprint density at radius 1 is 1.57 bits per heavy atom. The average molecular weight is 257 g/mol. The van der Waals surface area contributed by atoms with Crippen LogP contribution in [0.2, 0.25) is 0 Å². The average Bonchev–Trinajstić information content (AvgIpc) is 2.06. The van der Waals surface area contributed by atoms with E-state index in [-0.39, 0.29) is 39.0 Å². The molecule has 0 amide bonds. The van der Waals surface area contributed by atoms with Gasteiger partial charge in [0.1, 0.15) is 12.6 Å². The molecule has 1 heterocycles. The first-order valence-corrected chi connectivity index (χ1v) is 4.88. The Morgan fingerprint density at radius 3 is 2.64 bits per heavy atom. The molecule has 0 N–H and O–H groups in total. The Morgan fingerprint density at radius 2 is 2.14 bits per heavy atom. The van der Waals surface area contributed by atoms with Crippen molar-refractivity contribution in [1.82, 2.24) is 4.67 Å². The maximum Gasteiger partial charge on any atom is 0.323 e. The monoisotopic (exact) mass is 257 g/mol. The number of morpholine rings is 1. The van der Waals surface area contributed by atoms with Crippen molar-refractivity contribution in [1.29, 1.82) is 0 Å². The molecule has 0 bridgehead atoms. The summed E-state index contributed by atoms with van der Waals surface area (Å²) in [5, 5.41) is 0. The van der Waals surface area contributed by atoms with E-state index in [1.165, 1.54) is 0 Å². The molecular weight excluding hydrogens is 237 g/mol. The van der Waals surface area contributed by atoms with Gasteiger partial charge in [-0.1, -0.05) is 22.7 Å². The van der Waals surface area contributed by atoms with Crippen LogP contribution in [0.25, 0.3) is 0 Å². The molecule has 0 aromatic carbocycles. The van der Waals surface area contributed by atoms with Crippen molar-refractivity contribution in [2.24, 2.45) is 0 Å². The molecule has 6 heteroatoms. The summed E-state index contributed by atoms with van der Waals surface area (Å²) in [4.78, 5) is 11.3. The van der Waals surface area contributed by atoms with Crippen molar-refractivity contribution in [3.63, 3.8) is 0 Å². The molecule has 1 fully saturated rings. The Balaban J connectivity index is 0. The van der Waals surface area contributed by atoms with E-state index in [2.05, 4.69) is 23.2 Å². The summed E-state index contributed by atoms with van der Waals surface area (Å²) in [7, 11) is 2.61. The van der Waals surface area contributed by atoms with Crippen molar-refractivity contribution < 1.29 is 9.53 Å². The molecule has 0 aromatic rings. The lowest BCUT2D eigenvalue weighted by Gasteiger charge is -2.35. The highest BCUT2D eigenvalue weighted by molar-refractivity contribution is 7.59. The van der Waals surface area contributed by atoms with Gasteiger partial charge in [0, 0.05) is 6.04 Å². The predicted molar refractivity (Wildman–Crippen MR) is 71.4 cm³/mol. The van der Waals surface area contributed by atoms with Gasteiger partial charge in [-0.05, 0) is 13.3 Å². The fourth-order valence-electron chi connectivity index (χ4n) is 1.35. The number of cyclic esters (lactones) is 1. The molecule has 0 aliphatic carbocycles. The lowest BCUT2D eigenvalue weighted by Crippen LogP contribution is -2.48. The van der Waals surface area contributed by atoms with Crippen LogP contribution >= 0.6 is 36.4 Å². The summed E-state index contributed by atoms with van der Waals surface area (Å²) in [6, 6.07) is 0.271. The highest BCUT2D eigenvalue weighted by Gasteiger charge is 2.32. The molecule has 0 radical (unpaired) electrons. The largest absolute Gasteiger partial charge is 0.463 e. The minimum absolute atomic E-state index is 0. The van der Waals surface area contributed by atoms with E-state index < -0.39 is 0 Å². The van der Waals surface area contributed by atoms with E-state index in [9.17, 15) is 4.79 Å². The van der Waals surface area contributed by atoms with Gasteiger partial charge >= 0.3 is 5.97 Å². The van der Waals surface area contributed by atoms with Crippen molar-refractivity contribution in [3.8, 4) is 0 Å². The molecule has 1 saturated heterocycles. The molecule has 1 aliphatic rings. The van der Waals surface area contributed by atoms with Gasteiger partial charge in [-0.25, -0.2) is 0 Å². The number of hydrogen-bond acceptors (Lipinski definition) is 3. The Hall–Kier alpha value is 0.560. The number of esters is 1. The molecule has 1 aliphatic heterocycles. The van der Waals surface area contributed by atoms with Gasteiger partial charge in [0.15, 0.2) is 0 Å². The molecule has 14 heavy (non-hydrogen) atoms. The number of carbonyl (C=O) groups is 1. The topological polar surface area (TPSA) is 29.5 Å². The normalized spacial score (nSPS) is 27.2. The minimum Gasteiger partial charge on any atom is -0.463 e. The number of carbonyl (C=O) groups excluding carboxylic acids is 1. The van der Waals surface area contributed by atoms with Gasteiger partial charge in [-0.15, -0.1) is 0 Å². The van der Waals surface area contributed by atoms with Crippen LogP contribution in [-0.4, -0.2) is 29.3 Å². The molecule has 0 spiro atoms. The standard InChI is InChI=1S/C8H16NO2P.2H2S/c1-3-4-7-8(10)11-5-6(2)9(7)12;;/h6-7H,3-5,12H2,1-2H3;2*1H2/t6-,7-;;/m0../s1. The van der Waals surface area contributed by atoms with Gasteiger partial charge in [-0.3, -0.25) is 9.46 Å². The van der Waals surface area contributed by atoms with Crippen LogP contribution in [0.1, 0.15) is 26.7 Å². The fraction of sp³-hybridized carbons (Fsp3) is 0.875. The highest BCUT2D eigenvalue weighted by atomic mass is 32.1. The third kappa shape index (κ3) is 3.97. The van der Waals surface area contributed by atoms with E-state index in [4.69, 9.17) is 4.74 Å². The van der Waals surface area contributed by atoms with E-state index in [0.29, 0.717) is 12.6 Å². The summed E-state index contributed by atoms with van der Waals surface area (Å²) in [6.07, 6.45) is 1.89. The van der Waals surface area contributed by atoms with Gasteiger partial charge in [0.05, 0.1) is 0 Å². The number of ether oxygens (including phenoxy) is 1. The molecule has 1 rings (SSSR count). The molecule has 3 nitrogen and oxygen atoms in total. The number of nitrogens with zero attached hydrogens (tertiary/aromatic N) is 1. The molecule has 0 saturated carbocycles. The maximum atomic E-state index is 11.3. The summed E-state index contributed by atoms with van der Waals surface area (Å²) < 4.78 is 7.05. The molecule has 1 unspecified atom stereocenters. The van der Waals surface area contributed by atoms with Crippen LogP contribution in [0.3, 0.4) is 0 Å². The SMILES string of the molecule is CCC[C@H]1C(=O)OC[C@H](C)N1P.S.S. The Kier molecular flexibility index (Phi) is 9.46. The summed E-state index contributed by atoms with van der Waals surface area (Å²) in [6.45, 7) is 4.65. The maximum absolute atomic E-state index is 11.3. The van der Waals surface area contributed by atoms with Crippen molar-refractivity contribution in [3.05, 3.63) is 0 Å². The second-order valence-corrected chi connectivity index (χ2v) is 3.83. The molecule has 0 aromatic heterocycles. The zero-order valence-electron chi connectivity index (χ0n) is 8.62. The van der Waals surface area contributed by atoms with Gasteiger partial charge in [0.25, 0.3) is 0 Å². The first kappa shape index (κ1) is 17.0. The van der Waals surface area contributed by atoms with E-state index >= 15 is 0 Å². The summed E-state index contributed by atoms with van der Waals surface area (Å²) in [5.41, 5.74) is 0.